The highest BCUT2D eigenvalue weighted by Crippen LogP contribution is 2.35. The molecule has 0 aliphatic carbocycles. The van der Waals surface area contributed by atoms with E-state index < -0.39 is 23.1 Å². The van der Waals surface area contributed by atoms with Crippen LogP contribution in [0.1, 0.15) is 22.6 Å². The summed E-state index contributed by atoms with van der Waals surface area (Å²) < 4.78 is 50.7. The molecule has 2 N–H and O–H groups in total. The van der Waals surface area contributed by atoms with Crippen LogP contribution in [0.5, 0.6) is 0 Å². The Morgan fingerprint density at radius 3 is 2.59 bits per heavy atom. The van der Waals surface area contributed by atoms with Crippen LogP contribution >= 0.6 is 12.2 Å². The number of benzene rings is 1. The lowest BCUT2D eigenvalue weighted by atomic mass is 10.1. The fraction of sp³-hybridized carbons (Fsp3) is 0.273. The number of anilines is 2. The van der Waals surface area contributed by atoms with Crippen LogP contribution in [0, 0.1) is 12.7 Å². The molecule has 0 unspecified atom stereocenters. The molecule has 1 saturated heterocycles. The van der Waals surface area contributed by atoms with Gasteiger partial charge in [-0.1, -0.05) is 12.2 Å². The number of fused-ring (bicyclic) bond motifs is 1. The Morgan fingerprint density at radius 1 is 1.18 bits per heavy atom. The average Bonchev–Trinajstić information content (AvgIpc) is 3.45. The molecule has 5 rings (SSSR count). The van der Waals surface area contributed by atoms with Gasteiger partial charge in [-0.2, -0.15) is 13.9 Å². The zero-order valence-electron chi connectivity index (χ0n) is 18.1. The molecule has 1 fully saturated rings. The van der Waals surface area contributed by atoms with Crippen molar-refractivity contribution in [2.24, 2.45) is 0 Å². The minimum atomic E-state index is -3.57. The molecule has 176 valence electrons. The number of thiocarbonyl (C=S) groups is 1. The summed E-state index contributed by atoms with van der Waals surface area (Å²) in [6, 6.07) is 7.45. The maximum Gasteiger partial charge on any atom is 0.333 e. The fourth-order valence-electron chi connectivity index (χ4n) is 3.68. The molecule has 4 heterocycles. The van der Waals surface area contributed by atoms with Crippen LogP contribution in [0.4, 0.5) is 24.8 Å². The number of halogens is 3. The van der Waals surface area contributed by atoms with Crippen LogP contribution in [-0.4, -0.2) is 61.0 Å². The monoisotopic (exact) mass is 487 g/mol. The molecule has 12 heteroatoms. The first-order valence-corrected chi connectivity index (χ1v) is 10.9. The summed E-state index contributed by atoms with van der Waals surface area (Å²) in [6.45, 7) is 4.22. The van der Waals surface area contributed by atoms with E-state index in [9.17, 15) is 4.39 Å². The first-order valence-electron chi connectivity index (χ1n) is 10.5. The van der Waals surface area contributed by atoms with Crippen molar-refractivity contribution < 1.29 is 17.9 Å². The van der Waals surface area contributed by atoms with Gasteiger partial charge in [-0.15, -0.1) is 5.10 Å². The Morgan fingerprint density at radius 2 is 1.91 bits per heavy atom. The number of nitrogens with zero attached hydrogens (tertiary/aromatic N) is 5. The molecule has 1 aliphatic heterocycles. The summed E-state index contributed by atoms with van der Waals surface area (Å²) >= 11 is 5.64. The molecular formula is C22H20F3N7OS. The number of alkyl halides is 2. The van der Waals surface area contributed by atoms with E-state index in [4.69, 9.17) is 17.0 Å². The summed E-state index contributed by atoms with van der Waals surface area (Å²) in [5, 5.41) is 14.0. The van der Waals surface area contributed by atoms with Crippen molar-refractivity contribution in [3.05, 3.63) is 71.1 Å². The number of hydrogen-bond donors (Lipinski definition) is 2. The van der Waals surface area contributed by atoms with E-state index in [1.54, 1.807) is 18.3 Å². The SMILES string of the molecule is Cc1cc(Nc2nc(C(F)(F)c3ccc(F)cc3)nn3cc(C(=S)N4CCOCC4)cc23)n[nH]1. The molecule has 0 amide bonds. The molecule has 0 bridgehead atoms. The average molecular weight is 488 g/mol. The van der Waals surface area contributed by atoms with E-state index in [0.29, 0.717) is 48.2 Å². The molecule has 0 spiro atoms. The van der Waals surface area contributed by atoms with Crippen molar-refractivity contribution >= 4 is 34.4 Å². The first kappa shape index (κ1) is 22.3. The number of hydrogen-bond acceptors (Lipinski definition) is 6. The number of aromatic nitrogens is 5. The lowest BCUT2D eigenvalue weighted by molar-refractivity contribution is 0.0315. The maximum atomic E-state index is 15.4. The number of aryl methyl sites for hydroxylation is 1. The summed E-state index contributed by atoms with van der Waals surface area (Å²) in [5.74, 6) is -4.39. The van der Waals surface area contributed by atoms with Crippen LogP contribution in [-0.2, 0) is 10.7 Å². The second kappa shape index (κ2) is 8.69. The van der Waals surface area contributed by atoms with Crippen molar-refractivity contribution in [1.29, 1.82) is 0 Å². The van der Waals surface area contributed by atoms with Crippen LogP contribution in [0.3, 0.4) is 0 Å². The van der Waals surface area contributed by atoms with Gasteiger partial charge < -0.3 is 15.0 Å². The van der Waals surface area contributed by atoms with Crippen molar-refractivity contribution in [2.75, 3.05) is 31.6 Å². The Kier molecular flexibility index (Phi) is 5.70. The van der Waals surface area contributed by atoms with Crippen molar-refractivity contribution in [3.8, 4) is 0 Å². The Labute approximate surface area is 197 Å². The van der Waals surface area contributed by atoms with Crippen molar-refractivity contribution in [3.63, 3.8) is 0 Å². The van der Waals surface area contributed by atoms with Crippen LogP contribution < -0.4 is 5.32 Å². The number of aromatic amines is 1. The summed E-state index contributed by atoms with van der Waals surface area (Å²) in [5.41, 5.74) is 1.46. The lowest BCUT2D eigenvalue weighted by Gasteiger charge is -2.28. The van der Waals surface area contributed by atoms with Crippen LogP contribution in [0.15, 0.2) is 42.6 Å². The predicted molar refractivity (Wildman–Crippen MR) is 123 cm³/mol. The van der Waals surface area contributed by atoms with Gasteiger partial charge in [-0.25, -0.2) is 13.9 Å². The van der Waals surface area contributed by atoms with E-state index in [1.807, 2.05) is 11.8 Å². The van der Waals surface area contributed by atoms with Crippen molar-refractivity contribution in [2.45, 2.75) is 12.8 Å². The van der Waals surface area contributed by atoms with E-state index in [0.717, 1.165) is 30.0 Å². The van der Waals surface area contributed by atoms with Gasteiger partial charge in [-0.05, 0) is 37.3 Å². The molecule has 4 aromatic rings. The quantitative estimate of drug-likeness (QED) is 0.415. The van der Waals surface area contributed by atoms with Crippen LogP contribution in [0.25, 0.3) is 5.52 Å². The third-order valence-electron chi connectivity index (χ3n) is 5.45. The van der Waals surface area contributed by atoms with E-state index in [2.05, 4.69) is 25.6 Å². The zero-order chi connectivity index (χ0) is 23.9. The highest BCUT2D eigenvalue weighted by molar-refractivity contribution is 7.80. The van der Waals surface area contributed by atoms with E-state index in [1.165, 1.54) is 4.52 Å². The lowest BCUT2D eigenvalue weighted by Crippen LogP contribution is -2.40. The van der Waals surface area contributed by atoms with Gasteiger partial charge in [0.05, 0.1) is 13.2 Å². The summed E-state index contributed by atoms with van der Waals surface area (Å²) in [7, 11) is 0. The van der Waals surface area contributed by atoms with E-state index in [-0.39, 0.29) is 5.82 Å². The second-order valence-corrected chi connectivity index (χ2v) is 8.28. The van der Waals surface area contributed by atoms with Gasteiger partial charge in [-0.3, -0.25) is 5.10 Å². The van der Waals surface area contributed by atoms with Gasteiger partial charge in [0.15, 0.2) is 11.6 Å². The van der Waals surface area contributed by atoms with Crippen LogP contribution in [0.2, 0.25) is 0 Å². The highest BCUT2D eigenvalue weighted by Gasteiger charge is 2.39. The molecule has 0 saturated carbocycles. The standard InChI is InChI=1S/C22H20F3N7OS/c1-13-10-18(29-28-13)26-19-17-11-14(20(34)31-6-8-33-9-7-31)12-32(17)30-21(27-19)22(24,25)15-2-4-16(23)5-3-15/h2-5,10-12H,6-9H2,1H3,(H2,26,27,28,29,30). The normalized spacial score (nSPS) is 14.5. The largest absolute Gasteiger partial charge is 0.378 e. The van der Waals surface area contributed by atoms with Crippen molar-refractivity contribution in [1.82, 2.24) is 29.7 Å². The number of ether oxygens (including phenoxy) is 1. The molecule has 0 radical (unpaired) electrons. The molecule has 1 aromatic carbocycles. The molecule has 34 heavy (non-hydrogen) atoms. The first-order chi connectivity index (χ1) is 16.3. The predicted octanol–water partition coefficient (Wildman–Crippen LogP) is 3.79. The van der Waals surface area contributed by atoms with Gasteiger partial charge >= 0.3 is 5.92 Å². The van der Waals surface area contributed by atoms with Gasteiger partial charge in [0, 0.05) is 42.2 Å². The summed E-state index contributed by atoms with van der Waals surface area (Å²) in [4.78, 5) is 6.71. The number of H-pyrrole nitrogens is 1. The molecule has 3 aromatic heterocycles. The highest BCUT2D eigenvalue weighted by atomic mass is 32.1. The van der Waals surface area contributed by atoms with E-state index >= 15 is 8.78 Å². The molecule has 0 atom stereocenters. The molecule has 8 nitrogen and oxygen atoms in total. The van der Waals surface area contributed by atoms with Gasteiger partial charge in [0.25, 0.3) is 0 Å². The summed E-state index contributed by atoms with van der Waals surface area (Å²) in [6.07, 6.45) is 1.60. The third-order valence-corrected chi connectivity index (χ3v) is 5.94. The zero-order valence-corrected chi connectivity index (χ0v) is 18.9. The minimum absolute atomic E-state index is 0.134. The van der Waals surface area contributed by atoms with Gasteiger partial charge in [0.1, 0.15) is 16.3 Å². The third kappa shape index (κ3) is 4.21. The minimum Gasteiger partial charge on any atom is -0.378 e. The Hall–Kier alpha value is -3.51. The molecule has 1 aliphatic rings. The fourth-order valence-corrected chi connectivity index (χ4v) is 3.98. The Bertz CT molecular complexity index is 1350. The number of rotatable bonds is 5. The smallest absolute Gasteiger partial charge is 0.333 e. The van der Waals surface area contributed by atoms with Gasteiger partial charge in [0.2, 0.25) is 5.82 Å². The second-order valence-electron chi connectivity index (χ2n) is 7.89. The number of nitrogens with one attached hydrogen (secondary N) is 2. The topological polar surface area (TPSA) is 83.4 Å². The Balaban J connectivity index is 1.60. The maximum absolute atomic E-state index is 15.4. The molecular weight excluding hydrogens is 467 g/mol. The number of morpholine rings is 1.